The third-order valence-electron chi connectivity index (χ3n) is 4.67. The summed E-state index contributed by atoms with van der Waals surface area (Å²) in [4.78, 5) is 49.7. The maximum absolute atomic E-state index is 12.8. The Bertz CT molecular complexity index is 1420. The van der Waals surface area contributed by atoms with Crippen molar-refractivity contribution in [1.82, 2.24) is 9.78 Å². The van der Waals surface area contributed by atoms with E-state index in [2.05, 4.69) is 10.4 Å². The van der Waals surface area contributed by atoms with Crippen molar-refractivity contribution in [2.75, 3.05) is 11.9 Å². The van der Waals surface area contributed by atoms with E-state index in [4.69, 9.17) is 9.15 Å². The van der Waals surface area contributed by atoms with Crippen LogP contribution in [0, 0.1) is 0 Å². The molecule has 0 spiro atoms. The summed E-state index contributed by atoms with van der Waals surface area (Å²) in [5.41, 5.74) is -0.386. The molecule has 0 aliphatic heterocycles. The summed E-state index contributed by atoms with van der Waals surface area (Å²) in [5.74, 6) is -2.22. The molecule has 10 nitrogen and oxygen atoms in total. The SMILES string of the molecule is CCOC(=O)c1c(-c2ccco2)csc1NC(=O)Cn1nc(C(=O)O)c2ccccc2c1=O. The van der Waals surface area contributed by atoms with Gasteiger partial charge in [-0.1, -0.05) is 18.2 Å². The molecule has 0 aliphatic rings. The first-order valence-corrected chi connectivity index (χ1v) is 10.6. The van der Waals surface area contributed by atoms with E-state index in [9.17, 15) is 24.3 Å². The van der Waals surface area contributed by atoms with Gasteiger partial charge >= 0.3 is 11.9 Å². The molecule has 3 aromatic heterocycles. The van der Waals surface area contributed by atoms with Crippen LogP contribution < -0.4 is 10.9 Å². The van der Waals surface area contributed by atoms with Gasteiger partial charge in [0, 0.05) is 16.3 Å². The van der Waals surface area contributed by atoms with Crippen molar-refractivity contribution >= 4 is 45.0 Å². The van der Waals surface area contributed by atoms with E-state index < -0.39 is 29.9 Å². The summed E-state index contributed by atoms with van der Waals surface area (Å²) in [7, 11) is 0. The van der Waals surface area contributed by atoms with Crippen molar-refractivity contribution in [3.63, 3.8) is 0 Å². The number of carboxylic acid groups (broad SMARTS) is 1. The van der Waals surface area contributed by atoms with Gasteiger partial charge in [0.1, 0.15) is 22.9 Å². The van der Waals surface area contributed by atoms with Crippen molar-refractivity contribution in [3.8, 4) is 11.3 Å². The van der Waals surface area contributed by atoms with Gasteiger partial charge < -0.3 is 19.6 Å². The molecule has 0 bridgehead atoms. The number of nitrogens with one attached hydrogen (secondary N) is 1. The number of esters is 1. The molecule has 0 aliphatic carbocycles. The highest BCUT2D eigenvalue weighted by atomic mass is 32.1. The number of ether oxygens (including phenoxy) is 1. The number of carbonyl (C=O) groups is 3. The van der Waals surface area contributed by atoms with Crippen LogP contribution in [0.2, 0.25) is 0 Å². The van der Waals surface area contributed by atoms with E-state index in [0.717, 1.165) is 16.0 Å². The summed E-state index contributed by atoms with van der Waals surface area (Å²) < 4.78 is 11.3. The Kier molecular flexibility index (Phi) is 6.05. The molecule has 1 amide bonds. The highest BCUT2D eigenvalue weighted by Gasteiger charge is 2.25. The molecule has 168 valence electrons. The van der Waals surface area contributed by atoms with Gasteiger partial charge in [0.2, 0.25) is 5.91 Å². The fourth-order valence-electron chi connectivity index (χ4n) is 3.27. The number of nitrogens with zero attached hydrogens (tertiary/aromatic N) is 2. The molecule has 0 unspecified atom stereocenters. The van der Waals surface area contributed by atoms with Gasteiger partial charge in [0.15, 0.2) is 5.69 Å². The Balaban J connectivity index is 1.67. The molecule has 4 rings (SSSR count). The molecule has 11 heteroatoms. The maximum atomic E-state index is 12.8. The number of carbonyl (C=O) groups excluding carboxylic acids is 2. The zero-order chi connectivity index (χ0) is 23.5. The van der Waals surface area contributed by atoms with E-state index in [1.807, 2.05) is 0 Å². The highest BCUT2D eigenvalue weighted by molar-refractivity contribution is 7.15. The largest absolute Gasteiger partial charge is 0.476 e. The minimum atomic E-state index is -1.33. The second-order valence-electron chi connectivity index (χ2n) is 6.76. The van der Waals surface area contributed by atoms with Crippen LogP contribution in [0.5, 0.6) is 0 Å². The van der Waals surface area contributed by atoms with Crippen molar-refractivity contribution in [1.29, 1.82) is 0 Å². The topological polar surface area (TPSA) is 141 Å². The summed E-state index contributed by atoms with van der Waals surface area (Å²) in [6, 6.07) is 9.46. The molecule has 2 N–H and O–H groups in total. The first kappa shape index (κ1) is 22.0. The van der Waals surface area contributed by atoms with Crippen LogP contribution in [-0.4, -0.2) is 39.3 Å². The van der Waals surface area contributed by atoms with Gasteiger partial charge in [-0.05, 0) is 25.1 Å². The number of benzene rings is 1. The van der Waals surface area contributed by atoms with Crippen LogP contribution in [-0.2, 0) is 16.1 Å². The molecule has 4 aromatic rings. The minimum Gasteiger partial charge on any atom is -0.476 e. The lowest BCUT2D eigenvalue weighted by Gasteiger charge is -2.10. The predicted octanol–water partition coefficient (Wildman–Crippen LogP) is 3.23. The van der Waals surface area contributed by atoms with Gasteiger partial charge in [0.05, 0.1) is 18.3 Å². The van der Waals surface area contributed by atoms with Crippen molar-refractivity contribution in [2.45, 2.75) is 13.5 Å². The number of thiophene rings is 1. The maximum Gasteiger partial charge on any atom is 0.357 e. The lowest BCUT2D eigenvalue weighted by Crippen LogP contribution is -2.31. The van der Waals surface area contributed by atoms with E-state index in [-0.39, 0.29) is 33.6 Å². The number of hydrogen-bond acceptors (Lipinski definition) is 8. The lowest BCUT2D eigenvalue weighted by molar-refractivity contribution is -0.117. The Labute approximate surface area is 190 Å². The second kappa shape index (κ2) is 9.09. The first-order chi connectivity index (χ1) is 15.9. The molecule has 33 heavy (non-hydrogen) atoms. The molecule has 1 aromatic carbocycles. The molecule has 0 saturated heterocycles. The second-order valence-corrected chi connectivity index (χ2v) is 7.64. The summed E-state index contributed by atoms with van der Waals surface area (Å²) in [5, 5.41) is 18.1. The number of hydrogen-bond donors (Lipinski definition) is 2. The highest BCUT2D eigenvalue weighted by Crippen LogP contribution is 2.36. The Morgan fingerprint density at radius 1 is 1.18 bits per heavy atom. The normalized spacial score (nSPS) is 10.8. The van der Waals surface area contributed by atoms with Gasteiger partial charge in [0.25, 0.3) is 5.56 Å². The van der Waals surface area contributed by atoms with Crippen molar-refractivity contribution in [3.05, 3.63) is 69.7 Å². The van der Waals surface area contributed by atoms with Gasteiger partial charge in [-0.3, -0.25) is 9.59 Å². The predicted molar refractivity (Wildman–Crippen MR) is 120 cm³/mol. The number of aromatic carboxylic acids is 1. The van der Waals surface area contributed by atoms with Crippen molar-refractivity contribution in [2.24, 2.45) is 0 Å². The summed E-state index contributed by atoms with van der Waals surface area (Å²) in [6.07, 6.45) is 1.46. The molecular formula is C22H17N3O7S. The summed E-state index contributed by atoms with van der Waals surface area (Å²) >= 11 is 1.09. The van der Waals surface area contributed by atoms with Crippen LogP contribution >= 0.6 is 11.3 Å². The number of furan rings is 1. The molecule has 0 saturated carbocycles. The fraction of sp³-hybridized carbons (Fsp3) is 0.136. The van der Waals surface area contributed by atoms with E-state index >= 15 is 0 Å². The number of amides is 1. The zero-order valence-corrected chi connectivity index (χ0v) is 18.0. The number of fused-ring (bicyclic) bond motifs is 1. The Morgan fingerprint density at radius 2 is 1.94 bits per heavy atom. The first-order valence-electron chi connectivity index (χ1n) is 9.76. The van der Waals surface area contributed by atoms with Gasteiger partial charge in [-0.15, -0.1) is 11.3 Å². The molecular weight excluding hydrogens is 450 g/mol. The lowest BCUT2D eigenvalue weighted by atomic mass is 10.1. The quantitative estimate of drug-likeness (QED) is 0.395. The van der Waals surface area contributed by atoms with E-state index in [1.165, 1.54) is 18.4 Å². The van der Waals surface area contributed by atoms with Crippen LogP contribution in [0.3, 0.4) is 0 Å². The van der Waals surface area contributed by atoms with Gasteiger partial charge in [-0.2, -0.15) is 5.10 Å². The monoisotopic (exact) mass is 467 g/mol. The van der Waals surface area contributed by atoms with Crippen LogP contribution in [0.4, 0.5) is 5.00 Å². The number of rotatable bonds is 7. The van der Waals surface area contributed by atoms with Crippen molar-refractivity contribution < 1.29 is 28.6 Å². The van der Waals surface area contributed by atoms with Crippen LogP contribution in [0.1, 0.15) is 27.8 Å². The average molecular weight is 467 g/mol. The van der Waals surface area contributed by atoms with Crippen LogP contribution in [0.25, 0.3) is 22.1 Å². The standard InChI is InChI=1S/C22H17N3O7S/c1-2-31-22(30)17-14(15-8-5-9-32-15)11-33-19(17)23-16(26)10-25-20(27)13-7-4-3-6-12(13)18(24-25)21(28)29/h3-9,11H,2,10H2,1H3,(H,23,26)(H,28,29). The summed E-state index contributed by atoms with van der Waals surface area (Å²) in [6.45, 7) is 1.24. The van der Waals surface area contributed by atoms with Gasteiger partial charge in [-0.25, -0.2) is 14.3 Å². The third-order valence-corrected chi connectivity index (χ3v) is 5.57. The Hall–Kier alpha value is -4.25. The third kappa shape index (κ3) is 4.26. The molecule has 0 atom stereocenters. The zero-order valence-electron chi connectivity index (χ0n) is 17.2. The number of anilines is 1. The number of aromatic nitrogens is 2. The molecule has 0 radical (unpaired) electrons. The Morgan fingerprint density at radius 3 is 2.61 bits per heavy atom. The molecule has 0 fully saturated rings. The van der Waals surface area contributed by atoms with Crippen LogP contribution in [0.15, 0.2) is 57.3 Å². The van der Waals surface area contributed by atoms with E-state index in [1.54, 1.807) is 36.6 Å². The van der Waals surface area contributed by atoms with E-state index in [0.29, 0.717) is 11.3 Å². The number of carboxylic acids is 1. The fourth-order valence-corrected chi connectivity index (χ4v) is 4.23. The average Bonchev–Trinajstić information content (AvgIpc) is 3.45. The smallest absolute Gasteiger partial charge is 0.357 e. The minimum absolute atomic E-state index is 0.121. The molecule has 3 heterocycles.